The molecule has 102 valence electrons. The van der Waals surface area contributed by atoms with Gasteiger partial charge in [0.2, 0.25) is 5.56 Å². The number of rotatable bonds is 1. The van der Waals surface area contributed by atoms with Crippen molar-refractivity contribution in [3.63, 3.8) is 0 Å². The number of H-pyrrole nitrogens is 1. The van der Waals surface area contributed by atoms with Crippen molar-refractivity contribution < 1.29 is 4.79 Å². The number of carbonyl (C=O) groups excluding carboxylic acids is 1. The number of aromatic nitrogens is 1. The summed E-state index contributed by atoms with van der Waals surface area (Å²) in [6.07, 6.45) is 0. The molecule has 19 heavy (non-hydrogen) atoms. The molecule has 0 aromatic carbocycles. The van der Waals surface area contributed by atoms with Gasteiger partial charge in [0.1, 0.15) is 0 Å². The first-order valence-corrected chi connectivity index (χ1v) is 6.77. The highest BCUT2D eigenvalue weighted by atomic mass is 16.2. The number of hydrogen-bond donors (Lipinski definition) is 2. The molecule has 5 heteroatoms. The number of nitrogens with zero attached hydrogens (tertiary/aromatic N) is 1. The van der Waals surface area contributed by atoms with Crippen LogP contribution in [0.15, 0.2) is 10.9 Å². The zero-order valence-corrected chi connectivity index (χ0v) is 11.3. The smallest absolute Gasteiger partial charge is 0.255 e. The molecule has 2 unspecified atom stereocenters. The van der Waals surface area contributed by atoms with Crippen LogP contribution in [0, 0.1) is 25.7 Å². The van der Waals surface area contributed by atoms with Crippen LogP contribution < -0.4 is 10.9 Å². The minimum Gasteiger partial charge on any atom is -0.338 e. The average molecular weight is 261 g/mol. The maximum Gasteiger partial charge on any atom is 0.255 e. The Kier molecular flexibility index (Phi) is 2.93. The standard InChI is InChI=1S/C14H19N3O2/c1-8-3-12(18)16-9(2)13(8)14(19)17-6-10-4-15-5-11(10)7-17/h3,10-11,15H,4-7H2,1-2H3,(H,16,18). The summed E-state index contributed by atoms with van der Waals surface area (Å²) in [5.74, 6) is 1.24. The van der Waals surface area contributed by atoms with Crippen LogP contribution in [0.5, 0.6) is 0 Å². The summed E-state index contributed by atoms with van der Waals surface area (Å²) in [5, 5.41) is 3.37. The Morgan fingerprint density at radius 1 is 1.26 bits per heavy atom. The van der Waals surface area contributed by atoms with E-state index in [2.05, 4.69) is 10.3 Å². The predicted molar refractivity (Wildman–Crippen MR) is 72.3 cm³/mol. The molecule has 0 bridgehead atoms. The van der Waals surface area contributed by atoms with E-state index in [4.69, 9.17) is 0 Å². The lowest BCUT2D eigenvalue weighted by molar-refractivity contribution is 0.0779. The number of fused-ring (bicyclic) bond motifs is 1. The Morgan fingerprint density at radius 2 is 1.89 bits per heavy atom. The predicted octanol–water partition coefficient (Wildman–Crippen LogP) is 0.283. The maximum absolute atomic E-state index is 12.6. The summed E-state index contributed by atoms with van der Waals surface area (Å²) >= 11 is 0. The second kappa shape index (κ2) is 4.49. The topological polar surface area (TPSA) is 65.2 Å². The van der Waals surface area contributed by atoms with Crippen LogP contribution in [0.3, 0.4) is 0 Å². The molecule has 1 aromatic heterocycles. The van der Waals surface area contributed by atoms with Crippen LogP contribution in [0.25, 0.3) is 0 Å². The van der Waals surface area contributed by atoms with Gasteiger partial charge in [0.15, 0.2) is 0 Å². The molecule has 2 fully saturated rings. The lowest BCUT2D eigenvalue weighted by Gasteiger charge is -2.19. The maximum atomic E-state index is 12.6. The Morgan fingerprint density at radius 3 is 2.47 bits per heavy atom. The fourth-order valence-corrected chi connectivity index (χ4v) is 3.36. The van der Waals surface area contributed by atoms with Crippen molar-refractivity contribution in [2.75, 3.05) is 26.2 Å². The summed E-state index contributed by atoms with van der Waals surface area (Å²) in [6.45, 7) is 7.30. The molecule has 1 amide bonds. The van der Waals surface area contributed by atoms with Crippen LogP contribution in [-0.4, -0.2) is 42.0 Å². The number of amides is 1. The van der Waals surface area contributed by atoms with Gasteiger partial charge in [-0.1, -0.05) is 0 Å². The van der Waals surface area contributed by atoms with Crippen molar-refractivity contribution in [3.05, 3.63) is 33.2 Å². The number of hydrogen-bond acceptors (Lipinski definition) is 3. The average Bonchev–Trinajstić information content (AvgIpc) is 2.86. The van der Waals surface area contributed by atoms with E-state index in [0.29, 0.717) is 23.1 Å². The number of aromatic amines is 1. The largest absolute Gasteiger partial charge is 0.338 e. The third kappa shape index (κ3) is 2.08. The first kappa shape index (κ1) is 12.4. The van der Waals surface area contributed by atoms with Crippen molar-refractivity contribution in [2.45, 2.75) is 13.8 Å². The number of aryl methyl sites for hydroxylation is 2. The molecule has 5 nitrogen and oxygen atoms in total. The summed E-state index contributed by atoms with van der Waals surface area (Å²) in [5.41, 5.74) is 1.95. The first-order chi connectivity index (χ1) is 9.06. The quantitative estimate of drug-likeness (QED) is 0.763. The third-order valence-electron chi connectivity index (χ3n) is 4.32. The van der Waals surface area contributed by atoms with E-state index < -0.39 is 0 Å². The van der Waals surface area contributed by atoms with Crippen molar-refractivity contribution in [2.24, 2.45) is 11.8 Å². The van der Waals surface area contributed by atoms with E-state index in [1.807, 2.05) is 11.8 Å². The molecule has 2 saturated heterocycles. The van der Waals surface area contributed by atoms with Crippen molar-refractivity contribution in [3.8, 4) is 0 Å². The summed E-state index contributed by atoms with van der Waals surface area (Å²) in [4.78, 5) is 28.6. The second-order valence-corrected chi connectivity index (χ2v) is 5.71. The van der Waals surface area contributed by atoms with E-state index in [0.717, 1.165) is 31.7 Å². The molecule has 1 aromatic rings. The molecular weight excluding hydrogens is 242 g/mol. The van der Waals surface area contributed by atoms with Gasteiger partial charge in [0.05, 0.1) is 5.56 Å². The minimum absolute atomic E-state index is 0.0562. The molecule has 2 aliphatic heterocycles. The number of carbonyl (C=O) groups is 1. The van der Waals surface area contributed by atoms with E-state index >= 15 is 0 Å². The SMILES string of the molecule is Cc1cc(=O)[nH]c(C)c1C(=O)N1CC2CNCC2C1. The molecule has 2 atom stereocenters. The van der Waals surface area contributed by atoms with Gasteiger partial charge >= 0.3 is 0 Å². The lowest BCUT2D eigenvalue weighted by atomic mass is 10.0. The molecule has 2 aliphatic rings. The van der Waals surface area contributed by atoms with Crippen LogP contribution in [-0.2, 0) is 0 Å². The molecule has 3 heterocycles. The van der Waals surface area contributed by atoms with Crippen molar-refractivity contribution >= 4 is 5.91 Å². The molecule has 0 saturated carbocycles. The normalized spacial score (nSPS) is 25.7. The lowest BCUT2D eigenvalue weighted by Crippen LogP contribution is -2.33. The van der Waals surface area contributed by atoms with Gasteiger partial charge in [-0.05, 0) is 31.2 Å². The van der Waals surface area contributed by atoms with Gasteiger partial charge < -0.3 is 15.2 Å². The van der Waals surface area contributed by atoms with E-state index in [9.17, 15) is 9.59 Å². The van der Waals surface area contributed by atoms with Crippen LogP contribution in [0.2, 0.25) is 0 Å². The van der Waals surface area contributed by atoms with E-state index in [1.165, 1.54) is 6.07 Å². The Hall–Kier alpha value is -1.62. The van der Waals surface area contributed by atoms with E-state index in [1.54, 1.807) is 6.92 Å². The molecule has 2 N–H and O–H groups in total. The first-order valence-electron chi connectivity index (χ1n) is 6.77. The van der Waals surface area contributed by atoms with Crippen LogP contribution >= 0.6 is 0 Å². The summed E-state index contributed by atoms with van der Waals surface area (Å²) in [6, 6.07) is 1.50. The molecule has 0 aliphatic carbocycles. The molecule has 0 spiro atoms. The fraction of sp³-hybridized carbons (Fsp3) is 0.571. The van der Waals surface area contributed by atoms with Gasteiger partial charge in [-0.15, -0.1) is 0 Å². The van der Waals surface area contributed by atoms with Gasteiger partial charge in [-0.3, -0.25) is 9.59 Å². The zero-order chi connectivity index (χ0) is 13.6. The summed E-state index contributed by atoms with van der Waals surface area (Å²) in [7, 11) is 0. The fourth-order valence-electron chi connectivity index (χ4n) is 3.36. The highest BCUT2D eigenvalue weighted by molar-refractivity contribution is 5.96. The van der Waals surface area contributed by atoms with Gasteiger partial charge in [-0.2, -0.15) is 0 Å². The van der Waals surface area contributed by atoms with Crippen LogP contribution in [0.1, 0.15) is 21.6 Å². The third-order valence-corrected chi connectivity index (χ3v) is 4.32. The van der Waals surface area contributed by atoms with E-state index in [-0.39, 0.29) is 11.5 Å². The zero-order valence-electron chi connectivity index (χ0n) is 11.3. The van der Waals surface area contributed by atoms with Gasteiger partial charge in [-0.25, -0.2) is 0 Å². The monoisotopic (exact) mass is 261 g/mol. The molecule has 3 rings (SSSR count). The minimum atomic E-state index is -0.144. The molecule has 0 radical (unpaired) electrons. The Labute approximate surface area is 112 Å². The number of likely N-dealkylation sites (tertiary alicyclic amines) is 1. The number of pyridine rings is 1. The van der Waals surface area contributed by atoms with Gasteiger partial charge in [0.25, 0.3) is 5.91 Å². The van der Waals surface area contributed by atoms with Crippen molar-refractivity contribution in [1.29, 1.82) is 0 Å². The highest BCUT2D eigenvalue weighted by Gasteiger charge is 2.38. The highest BCUT2D eigenvalue weighted by Crippen LogP contribution is 2.28. The second-order valence-electron chi connectivity index (χ2n) is 5.71. The van der Waals surface area contributed by atoms with Crippen LogP contribution in [0.4, 0.5) is 0 Å². The number of nitrogens with one attached hydrogen (secondary N) is 2. The summed E-state index contributed by atoms with van der Waals surface area (Å²) < 4.78 is 0. The Bertz CT molecular complexity index is 540. The molecular formula is C14H19N3O2. The van der Waals surface area contributed by atoms with Gasteiger partial charge in [0, 0.05) is 37.9 Å². The van der Waals surface area contributed by atoms with Crippen molar-refractivity contribution in [1.82, 2.24) is 15.2 Å². The Balaban J connectivity index is 1.87.